The van der Waals surface area contributed by atoms with Crippen LogP contribution in [0.3, 0.4) is 0 Å². The predicted octanol–water partition coefficient (Wildman–Crippen LogP) is 2.98. The van der Waals surface area contributed by atoms with Crippen molar-refractivity contribution in [2.24, 2.45) is 10.9 Å². The maximum Gasteiger partial charge on any atom is 0.193 e. The number of aromatic nitrogens is 3. The van der Waals surface area contributed by atoms with Gasteiger partial charge in [0.15, 0.2) is 5.96 Å². The van der Waals surface area contributed by atoms with Crippen LogP contribution in [0, 0.1) is 5.92 Å². The number of hydrogen-bond acceptors (Lipinski definition) is 5. The van der Waals surface area contributed by atoms with Crippen LogP contribution in [0.15, 0.2) is 39.6 Å². The Morgan fingerprint density at radius 1 is 1.48 bits per heavy atom. The molecule has 1 aliphatic heterocycles. The zero-order chi connectivity index (χ0) is 17.5. The molecule has 1 aliphatic rings. The number of aliphatic imine (C=N–C) groups is 1. The van der Waals surface area contributed by atoms with Gasteiger partial charge >= 0.3 is 0 Å². The summed E-state index contributed by atoms with van der Waals surface area (Å²) in [4.78, 5) is 15.4. The van der Waals surface area contributed by atoms with Gasteiger partial charge in [-0.25, -0.2) is 9.97 Å². The average molecular weight is 379 g/mol. The van der Waals surface area contributed by atoms with Gasteiger partial charge in [-0.1, -0.05) is 18.7 Å². The molecule has 1 N–H and O–H groups in total. The van der Waals surface area contributed by atoms with Gasteiger partial charge in [-0.2, -0.15) is 0 Å². The molecule has 0 radical (unpaired) electrons. The fourth-order valence-corrected chi connectivity index (χ4v) is 4.79. The molecule has 2 unspecified atom stereocenters. The van der Waals surface area contributed by atoms with Crippen LogP contribution in [0.5, 0.6) is 0 Å². The Hall–Kier alpha value is -1.54. The van der Waals surface area contributed by atoms with Gasteiger partial charge in [0.25, 0.3) is 0 Å². The van der Waals surface area contributed by atoms with Crippen LogP contribution in [0.25, 0.3) is 0 Å². The molecular formula is C17H26N6S2. The maximum absolute atomic E-state index is 4.49. The third kappa shape index (κ3) is 4.98. The molecule has 25 heavy (non-hydrogen) atoms. The van der Waals surface area contributed by atoms with E-state index in [0.29, 0.717) is 12.0 Å². The minimum absolute atomic E-state index is 0.454. The average Bonchev–Trinajstić information content (AvgIpc) is 3.32. The summed E-state index contributed by atoms with van der Waals surface area (Å²) < 4.78 is 3.38. The van der Waals surface area contributed by atoms with E-state index in [4.69, 9.17) is 0 Å². The van der Waals surface area contributed by atoms with Crippen LogP contribution in [0.4, 0.5) is 0 Å². The molecule has 2 atom stereocenters. The van der Waals surface area contributed by atoms with Crippen molar-refractivity contribution in [3.63, 3.8) is 0 Å². The summed E-state index contributed by atoms with van der Waals surface area (Å²) in [7, 11) is 1.87. The van der Waals surface area contributed by atoms with Crippen molar-refractivity contribution >= 4 is 29.1 Å². The Labute approximate surface area is 157 Å². The molecule has 2 aromatic heterocycles. The fraction of sp³-hybridized carbons (Fsp3) is 0.588. The van der Waals surface area contributed by atoms with Crippen LogP contribution in [0.2, 0.25) is 0 Å². The lowest BCUT2D eigenvalue weighted by atomic mass is 9.93. The molecule has 3 rings (SSSR count). The minimum atomic E-state index is 0.454. The van der Waals surface area contributed by atoms with Crippen molar-refractivity contribution in [2.75, 3.05) is 32.4 Å². The quantitative estimate of drug-likeness (QED) is 0.362. The van der Waals surface area contributed by atoms with Crippen molar-refractivity contribution in [1.82, 2.24) is 24.8 Å². The fourth-order valence-electron chi connectivity index (χ4n) is 3.14. The van der Waals surface area contributed by atoms with Crippen molar-refractivity contribution in [3.05, 3.63) is 30.3 Å². The zero-order valence-corrected chi connectivity index (χ0v) is 16.5. The lowest BCUT2D eigenvalue weighted by molar-refractivity contribution is 0.189. The number of imidazole rings is 1. The number of likely N-dealkylation sites (tertiary alicyclic amines) is 1. The van der Waals surface area contributed by atoms with E-state index in [9.17, 15) is 0 Å². The van der Waals surface area contributed by atoms with Gasteiger partial charge in [0, 0.05) is 56.4 Å². The molecule has 0 aliphatic carbocycles. The standard InChI is InChI=1S/C17H26N6S2/c1-14-4-8-22(12-15(14)23-9-6-19-13-23)16(18-2)20-5-3-10-24-17-21-7-11-25-17/h6-7,9,11,13-15H,3-5,8,10,12H2,1-2H3,(H,18,20). The Morgan fingerprint density at radius 2 is 2.40 bits per heavy atom. The van der Waals surface area contributed by atoms with Gasteiger partial charge in [0.05, 0.1) is 12.4 Å². The van der Waals surface area contributed by atoms with Crippen LogP contribution in [-0.2, 0) is 0 Å². The van der Waals surface area contributed by atoms with Crippen molar-refractivity contribution in [3.8, 4) is 0 Å². The molecule has 0 spiro atoms. The van der Waals surface area contributed by atoms with E-state index in [0.717, 1.165) is 42.1 Å². The first-order valence-corrected chi connectivity index (χ1v) is 10.6. The summed E-state index contributed by atoms with van der Waals surface area (Å²) in [5.74, 6) is 2.74. The summed E-state index contributed by atoms with van der Waals surface area (Å²) in [5.41, 5.74) is 0. The Balaban J connectivity index is 1.45. The van der Waals surface area contributed by atoms with Gasteiger partial charge in [0.1, 0.15) is 4.34 Å². The third-order valence-electron chi connectivity index (χ3n) is 4.58. The van der Waals surface area contributed by atoms with E-state index in [1.165, 1.54) is 6.42 Å². The van der Waals surface area contributed by atoms with Gasteiger partial charge in [-0.15, -0.1) is 11.3 Å². The Kier molecular flexibility index (Phi) is 6.75. The highest BCUT2D eigenvalue weighted by Gasteiger charge is 2.28. The molecule has 136 valence electrons. The first kappa shape index (κ1) is 18.3. The lowest BCUT2D eigenvalue weighted by Crippen LogP contribution is -2.49. The second-order valence-electron chi connectivity index (χ2n) is 6.26. The number of nitrogens with zero attached hydrogens (tertiary/aromatic N) is 5. The normalized spacial score (nSPS) is 21.5. The molecule has 0 amide bonds. The van der Waals surface area contributed by atoms with Crippen LogP contribution in [0.1, 0.15) is 25.8 Å². The molecule has 0 saturated carbocycles. The number of thiazole rings is 1. The number of guanidine groups is 1. The van der Waals surface area contributed by atoms with E-state index in [2.05, 4.69) is 42.9 Å². The molecule has 1 saturated heterocycles. The number of hydrogen-bond donors (Lipinski definition) is 1. The van der Waals surface area contributed by atoms with Gasteiger partial charge in [-0.05, 0) is 18.8 Å². The van der Waals surface area contributed by atoms with Gasteiger partial charge in [-0.3, -0.25) is 4.99 Å². The summed E-state index contributed by atoms with van der Waals surface area (Å²) in [6.45, 7) is 5.30. The topological polar surface area (TPSA) is 58.3 Å². The second kappa shape index (κ2) is 9.24. The largest absolute Gasteiger partial charge is 0.356 e. The van der Waals surface area contributed by atoms with Gasteiger partial charge < -0.3 is 14.8 Å². The number of thioether (sulfide) groups is 1. The highest BCUT2D eigenvalue weighted by Crippen LogP contribution is 2.27. The van der Waals surface area contributed by atoms with Crippen LogP contribution >= 0.6 is 23.1 Å². The van der Waals surface area contributed by atoms with E-state index in [1.807, 2.05) is 42.9 Å². The van der Waals surface area contributed by atoms with E-state index in [1.54, 1.807) is 11.3 Å². The smallest absolute Gasteiger partial charge is 0.193 e. The number of rotatable bonds is 6. The Morgan fingerprint density at radius 3 is 3.12 bits per heavy atom. The van der Waals surface area contributed by atoms with E-state index in [-0.39, 0.29) is 0 Å². The van der Waals surface area contributed by atoms with Crippen LogP contribution in [-0.4, -0.2) is 57.8 Å². The third-order valence-corrected chi connectivity index (χ3v) is 6.63. The molecule has 1 fully saturated rings. The molecule has 3 heterocycles. The summed E-state index contributed by atoms with van der Waals surface area (Å²) in [6, 6.07) is 0.454. The SMILES string of the molecule is CN=C(NCCCSc1nccs1)N1CCC(C)C(n2ccnc2)C1. The number of nitrogens with one attached hydrogen (secondary N) is 1. The van der Waals surface area contributed by atoms with E-state index < -0.39 is 0 Å². The molecule has 0 aromatic carbocycles. The first-order valence-electron chi connectivity index (χ1n) is 8.73. The van der Waals surface area contributed by atoms with Crippen molar-refractivity contribution in [1.29, 1.82) is 0 Å². The molecule has 6 nitrogen and oxygen atoms in total. The highest BCUT2D eigenvalue weighted by atomic mass is 32.2. The number of piperidine rings is 1. The zero-order valence-electron chi connectivity index (χ0n) is 14.8. The highest BCUT2D eigenvalue weighted by molar-refractivity contribution is 8.00. The van der Waals surface area contributed by atoms with Crippen molar-refractivity contribution < 1.29 is 0 Å². The van der Waals surface area contributed by atoms with Gasteiger partial charge in [0.2, 0.25) is 0 Å². The summed E-state index contributed by atoms with van der Waals surface area (Å²) in [5, 5.41) is 5.54. The maximum atomic E-state index is 4.49. The monoisotopic (exact) mass is 378 g/mol. The lowest BCUT2D eigenvalue weighted by Gasteiger charge is -2.39. The second-order valence-corrected chi connectivity index (χ2v) is 8.50. The first-order chi connectivity index (χ1) is 12.3. The van der Waals surface area contributed by atoms with Crippen LogP contribution < -0.4 is 5.32 Å². The molecule has 8 heteroatoms. The molecular weight excluding hydrogens is 352 g/mol. The van der Waals surface area contributed by atoms with Crippen molar-refractivity contribution in [2.45, 2.75) is 30.1 Å². The summed E-state index contributed by atoms with van der Waals surface area (Å²) >= 11 is 3.53. The minimum Gasteiger partial charge on any atom is -0.356 e. The molecule has 0 bridgehead atoms. The van der Waals surface area contributed by atoms with E-state index >= 15 is 0 Å². The molecule has 2 aromatic rings. The Bertz CT molecular complexity index is 640. The predicted molar refractivity (Wildman–Crippen MR) is 105 cm³/mol. The summed E-state index contributed by atoms with van der Waals surface area (Å²) in [6.07, 6.45) is 9.98.